The lowest BCUT2D eigenvalue weighted by atomic mass is 9.78. The van der Waals surface area contributed by atoms with Crippen LogP contribution in [-0.4, -0.2) is 40.9 Å². The molecule has 8 heteroatoms. The summed E-state index contributed by atoms with van der Waals surface area (Å²) < 4.78 is 5.08. The highest BCUT2D eigenvalue weighted by molar-refractivity contribution is 6.31. The first-order valence-corrected chi connectivity index (χ1v) is 9.25. The standard InChI is InChI=1S/C18H21ClN2O5/c19-13-7-8-14(16(10-13)21(24)25)18(23)26-11-17(22)20-9-3-5-12-4-1-2-6-15(12)20/h7-8,10,12,15H,1-6,9,11H2/t12-,15+/m0/s1. The molecule has 0 bridgehead atoms. The number of nitro benzene ring substituents is 1. The number of rotatable bonds is 4. The van der Waals surface area contributed by atoms with Gasteiger partial charge in [-0.15, -0.1) is 0 Å². The largest absolute Gasteiger partial charge is 0.452 e. The predicted octanol–water partition coefficient (Wildman–Crippen LogP) is 3.59. The molecule has 2 atom stereocenters. The van der Waals surface area contributed by atoms with Crippen LogP contribution in [0.2, 0.25) is 5.02 Å². The van der Waals surface area contributed by atoms with Gasteiger partial charge in [0.25, 0.3) is 11.6 Å². The topological polar surface area (TPSA) is 89.8 Å². The maximum atomic E-state index is 12.6. The summed E-state index contributed by atoms with van der Waals surface area (Å²) in [5, 5.41) is 11.2. The Kier molecular flexibility index (Phi) is 5.76. The molecule has 0 aromatic heterocycles. The highest BCUT2D eigenvalue weighted by Crippen LogP contribution is 2.35. The average molecular weight is 381 g/mol. The minimum absolute atomic E-state index is 0.154. The summed E-state index contributed by atoms with van der Waals surface area (Å²) in [4.78, 5) is 37.0. The number of piperidine rings is 1. The van der Waals surface area contributed by atoms with Crippen molar-refractivity contribution < 1.29 is 19.2 Å². The highest BCUT2D eigenvalue weighted by Gasteiger charge is 2.36. The van der Waals surface area contributed by atoms with Crippen molar-refractivity contribution in [1.82, 2.24) is 4.90 Å². The fourth-order valence-corrected chi connectivity index (χ4v) is 4.22. The summed E-state index contributed by atoms with van der Waals surface area (Å²) >= 11 is 5.74. The fraction of sp³-hybridized carbons (Fsp3) is 0.556. The van der Waals surface area contributed by atoms with E-state index in [1.54, 1.807) is 0 Å². The predicted molar refractivity (Wildman–Crippen MR) is 95.1 cm³/mol. The number of hydrogen-bond donors (Lipinski definition) is 0. The van der Waals surface area contributed by atoms with E-state index in [9.17, 15) is 19.7 Å². The third-order valence-corrected chi connectivity index (χ3v) is 5.50. The lowest BCUT2D eigenvalue weighted by Crippen LogP contribution is -2.50. The van der Waals surface area contributed by atoms with Crippen LogP contribution >= 0.6 is 11.6 Å². The van der Waals surface area contributed by atoms with Gasteiger partial charge in [-0.2, -0.15) is 0 Å². The molecule has 2 aliphatic rings. The van der Waals surface area contributed by atoms with Crippen molar-refractivity contribution in [2.45, 2.75) is 44.6 Å². The number of carbonyl (C=O) groups is 2. The molecule has 140 valence electrons. The van der Waals surface area contributed by atoms with Crippen molar-refractivity contribution in [2.75, 3.05) is 13.2 Å². The monoisotopic (exact) mass is 380 g/mol. The maximum absolute atomic E-state index is 12.6. The maximum Gasteiger partial charge on any atom is 0.345 e. The average Bonchev–Trinajstić information content (AvgIpc) is 2.65. The fourth-order valence-electron chi connectivity index (χ4n) is 4.05. The van der Waals surface area contributed by atoms with Gasteiger partial charge in [0.1, 0.15) is 5.56 Å². The second-order valence-corrected chi connectivity index (χ2v) is 7.27. The van der Waals surface area contributed by atoms with Crippen LogP contribution in [0.3, 0.4) is 0 Å². The number of nitro groups is 1. The number of likely N-dealkylation sites (tertiary alicyclic amines) is 1. The molecule has 26 heavy (non-hydrogen) atoms. The van der Waals surface area contributed by atoms with Crippen molar-refractivity contribution in [3.63, 3.8) is 0 Å². The Bertz CT molecular complexity index is 722. The van der Waals surface area contributed by atoms with Gasteiger partial charge in [0.15, 0.2) is 6.61 Å². The van der Waals surface area contributed by atoms with Gasteiger partial charge in [-0.3, -0.25) is 14.9 Å². The molecule has 1 amide bonds. The van der Waals surface area contributed by atoms with E-state index in [0.717, 1.165) is 38.2 Å². The highest BCUT2D eigenvalue weighted by atomic mass is 35.5. The first-order valence-electron chi connectivity index (χ1n) is 8.88. The smallest absolute Gasteiger partial charge is 0.345 e. The van der Waals surface area contributed by atoms with Gasteiger partial charge in [-0.25, -0.2) is 4.79 Å². The number of halogens is 1. The molecule has 1 aromatic rings. The Balaban J connectivity index is 1.64. The van der Waals surface area contributed by atoms with Crippen molar-refractivity contribution in [2.24, 2.45) is 5.92 Å². The van der Waals surface area contributed by atoms with Crippen LogP contribution in [-0.2, 0) is 9.53 Å². The van der Waals surface area contributed by atoms with Crippen LogP contribution in [0.4, 0.5) is 5.69 Å². The third-order valence-electron chi connectivity index (χ3n) is 5.27. The minimum Gasteiger partial charge on any atom is -0.452 e. The Morgan fingerprint density at radius 2 is 1.96 bits per heavy atom. The summed E-state index contributed by atoms with van der Waals surface area (Å²) in [7, 11) is 0. The van der Waals surface area contributed by atoms with Gasteiger partial charge < -0.3 is 9.64 Å². The summed E-state index contributed by atoms with van der Waals surface area (Å²) in [6.45, 7) is 0.278. The number of benzene rings is 1. The first-order chi connectivity index (χ1) is 12.5. The summed E-state index contributed by atoms with van der Waals surface area (Å²) in [6, 6.07) is 3.95. The Hall–Kier alpha value is -2.15. The summed E-state index contributed by atoms with van der Waals surface area (Å²) in [5.41, 5.74) is -0.637. The zero-order valence-electron chi connectivity index (χ0n) is 14.4. The normalized spacial score (nSPS) is 22.4. The molecule has 0 radical (unpaired) electrons. The van der Waals surface area contributed by atoms with E-state index in [0.29, 0.717) is 12.5 Å². The lowest BCUT2D eigenvalue weighted by molar-refractivity contribution is -0.385. The molecule has 1 aliphatic carbocycles. The molecular formula is C18H21ClN2O5. The summed E-state index contributed by atoms with van der Waals surface area (Å²) in [5.74, 6) is -0.583. The van der Waals surface area contributed by atoms with Gasteiger partial charge in [0.05, 0.1) is 4.92 Å². The number of hydrogen-bond acceptors (Lipinski definition) is 5. The molecule has 1 aromatic carbocycles. The molecule has 1 aliphatic heterocycles. The number of amides is 1. The molecule has 1 heterocycles. The Labute approximate surface area is 156 Å². The van der Waals surface area contributed by atoms with Gasteiger partial charge >= 0.3 is 5.97 Å². The zero-order valence-corrected chi connectivity index (χ0v) is 15.1. The number of fused-ring (bicyclic) bond motifs is 1. The Morgan fingerprint density at radius 3 is 2.73 bits per heavy atom. The quantitative estimate of drug-likeness (QED) is 0.452. The molecule has 1 saturated carbocycles. The molecule has 2 fully saturated rings. The molecule has 0 N–H and O–H groups in total. The van der Waals surface area contributed by atoms with E-state index >= 15 is 0 Å². The van der Waals surface area contributed by atoms with E-state index in [-0.39, 0.29) is 22.5 Å². The molecule has 7 nitrogen and oxygen atoms in total. The molecule has 0 spiro atoms. The number of nitrogens with zero attached hydrogens (tertiary/aromatic N) is 2. The third kappa shape index (κ3) is 3.98. The summed E-state index contributed by atoms with van der Waals surface area (Å²) in [6.07, 6.45) is 6.56. The number of carbonyl (C=O) groups excluding carboxylic acids is 2. The Morgan fingerprint density at radius 1 is 1.23 bits per heavy atom. The second kappa shape index (κ2) is 8.03. The molecule has 1 saturated heterocycles. The first kappa shape index (κ1) is 18.6. The molecule has 3 rings (SSSR count). The van der Waals surface area contributed by atoms with Crippen molar-refractivity contribution in [3.8, 4) is 0 Å². The van der Waals surface area contributed by atoms with E-state index in [1.807, 2.05) is 4.90 Å². The molecule has 0 unspecified atom stereocenters. The second-order valence-electron chi connectivity index (χ2n) is 6.84. The van der Waals surface area contributed by atoms with E-state index < -0.39 is 23.2 Å². The van der Waals surface area contributed by atoms with Crippen LogP contribution < -0.4 is 0 Å². The van der Waals surface area contributed by atoms with Crippen LogP contribution in [0.1, 0.15) is 48.9 Å². The van der Waals surface area contributed by atoms with Gasteiger partial charge in [0.2, 0.25) is 0 Å². The van der Waals surface area contributed by atoms with Crippen LogP contribution in [0.25, 0.3) is 0 Å². The number of ether oxygens (including phenoxy) is 1. The zero-order chi connectivity index (χ0) is 18.7. The van der Waals surface area contributed by atoms with Gasteiger partial charge in [0, 0.05) is 23.7 Å². The lowest BCUT2D eigenvalue weighted by Gasteiger charge is -2.44. The van der Waals surface area contributed by atoms with Crippen molar-refractivity contribution >= 4 is 29.2 Å². The van der Waals surface area contributed by atoms with Gasteiger partial charge in [-0.05, 0) is 43.7 Å². The van der Waals surface area contributed by atoms with E-state index in [4.69, 9.17) is 16.3 Å². The minimum atomic E-state index is -0.890. The van der Waals surface area contributed by atoms with Crippen LogP contribution in [0.15, 0.2) is 18.2 Å². The SMILES string of the molecule is O=C(OCC(=O)N1CCC[C@@H]2CCCC[C@H]21)c1ccc(Cl)cc1[N+](=O)[O-]. The molecular weight excluding hydrogens is 360 g/mol. The number of esters is 1. The van der Waals surface area contributed by atoms with Crippen LogP contribution in [0.5, 0.6) is 0 Å². The van der Waals surface area contributed by atoms with Crippen molar-refractivity contribution in [1.29, 1.82) is 0 Å². The van der Waals surface area contributed by atoms with Crippen LogP contribution in [0, 0.1) is 16.0 Å². The van der Waals surface area contributed by atoms with E-state index in [1.165, 1.54) is 18.6 Å². The van der Waals surface area contributed by atoms with Crippen molar-refractivity contribution in [3.05, 3.63) is 38.9 Å². The van der Waals surface area contributed by atoms with Gasteiger partial charge in [-0.1, -0.05) is 24.4 Å². The van der Waals surface area contributed by atoms with E-state index in [2.05, 4.69) is 0 Å².